The van der Waals surface area contributed by atoms with Crippen LogP contribution in [0.4, 0.5) is 10.5 Å². The number of nitrogens with zero attached hydrogens (tertiary/aromatic N) is 1. The predicted octanol–water partition coefficient (Wildman–Crippen LogP) is 2.59. The van der Waals surface area contributed by atoms with Crippen LogP contribution in [0.15, 0.2) is 30.3 Å². The van der Waals surface area contributed by atoms with Crippen molar-refractivity contribution in [2.45, 2.75) is 13.0 Å². The van der Waals surface area contributed by atoms with E-state index in [2.05, 4.69) is 0 Å². The minimum absolute atomic E-state index is 0.0950. The highest BCUT2D eigenvalue weighted by molar-refractivity contribution is 5.92. The van der Waals surface area contributed by atoms with Gasteiger partial charge < -0.3 is 5.11 Å². The van der Waals surface area contributed by atoms with Crippen LogP contribution in [0, 0.1) is 0 Å². The van der Waals surface area contributed by atoms with Crippen molar-refractivity contribution in [1.29, 1.82) is 0 Å². The van der Waals surface area contributed by atoms with Crippen LogP contribution < -0.4 is 4.90 Å². The molecule has 3 heteroatoms. The summed E-state index contributed by atoms with van der Waals surface area (Å²) in [5, 5.41) is 9.05. The third kappa shape index (κ3) is 1.27. The van der Waals surface area contributed by atoms with Crippen LogP contribution in [-0.2, 0) is 0 Å². The third-order valence-corrected chi connectivity index (χ3v) is 2.36. The van der Waals surface area contributed by atoms with Gasteiger partial charge in [0.1, 0.15) is 0 Å². The van der Waals surface area contributed by atoms with Gasteiger partial charge in [-0.25, -0.2) is 4.79 Å². The lowest BCUT2D eigenvalue weighted by molar-refractivity contribution is 0.200. The monoisotopic (exact) mass is 189 g/mol. The Morgan fingerprint density at radius 3 is 2.86 bits per heavy atom. The normalized spacial score (nSPS) is 19.2. The zero-order chi connectivity index (χ0) is 10.1. The van der Waals surface area contributed by atoms with Gasteiger partial charge >= 0.3 is 6.09 Å². The summed E-state index contributed by atoms with van der Waals surface area (Å²) in [6.07, 6.45) is 2.94. The molecule has 0 spiro atoms. The second-order valence-electron chi connectivity index (χ2n) is 3.31. The van der Waals surface area contributed by atoms with Crippen LogP contribution in [0.25, 0.3) is 6.08 Å². The van der Waals surface area contributed by atoms with Gasteiger partial charge in [-0.05, 0) is 18.6 Å². The average molecular weight is 189 g/mol. The van der Waals surface area contributed by atoms with E-state index in [0.717, 1.165) is 11.3 Å². The van der Waals surface area contributed by atoms with Gasteiger partial charge in [0.25, 0.3) is 0 Å². The van der Waals surface area contributed by atoms with E-state index in [1.807, 2.05) is 43.3 Å². The van der Waals surface area contributed by atoms with E-state index >= 15 is 0 Å². The first-order valence-corrected chi connectivity index (χ1v) is 4.49. The molecule has 2 rings (SSSR count). The molecule has 0 saturated heterocycles. The molecule has 0 bridgehead atoms. The van der Waals surface area contributed by atoms with Crippen LogP contribution >= 0.6 is 0 Å². The second-order valence-corrected chi connectivity index (χ2v) is 3.31. The summed E-state index contributed by atoms with van der Waals surface area (Å²) in [5.74, 6) is 0. The highest BCUT2D eigenvalue weighted by Gasteiger charge is 2.23. The van der Waals surface area contributed by atoms with Crippen molar-refractivity contribution in [3.8, 4) is 0 Å². The number of fused-ring (bicyclic) bond motifs is 1. The molecule has 1 N–H and O–H groups in total. The lowest BCUT2D eigenvalue weighted by atomic mass is 10.0. The highest BCUT2D eigenvalue weighted by Crippen LogP contribution is 2.28. The Balaban J connectivity index is 2.53. The molecule has 0 fully saturated rings. The topological polar surface area (TPSA) is 40.5 Å². The van der Waals surface area contributed by atoms with Crippen molar-refractivity contribution < 1.29 is 9.90 Å². The first kappa shape index (κ1) is 8.81. The van der Waals surface area contributed by atoms with Gasteiger partial charge in [0, 0.05) is 0 Å². The first-order valence-electron chi connectivity index (χ1n) is 4.49. The van der Waals surface area contributed by atoms with Crippen molar-refractivity contribution in [2.24, 2.45) is 0 Å². The molecular weight excluding hydrogens is 178 g/mol. The van der Waals surface area contributed by atoms with Gasteiger partial charge in [-0.15, -0.1) is 0 Å². The molecule has 0 saturated carbocycles. The second kappa shape index (κ2) is 3.18. The molecular formula is C11H11NO2. The molecule has 1 aromatic carbocycles. The Kier molecular flexibility index (Phi) is 2.00. The molecule has 0 aromatic heterocycles. The van der Waals surface area contributed by atoms with E-state index in [1.54, 1.807) is 0 Å². The number of hydrogen-bond donors (Lipinski definition) is 1. The number of anilines is 1. The molecule has 1 aliphatic heterocycles. The molecule has 3 nitrogen and oxygen atoms in total. The number of benzene rings is 1. The van der Waals surface area contributed by atoms with Crippen molar-refractivity contribution in [2.75, 3.05) is 4.90 Å². The predicted molar refractivity (Wildman–Crippen MR) is 55.4 cm³/mol. The standard InChI is InChI=1S/C11H11NO2/c1-8-6-7-9-4-2-3-5-10(9)12(8)11(13)14/h2-8H,1H3,(H,13,14). The average Bonchev–Trinajstić information content (AvgIpc) is 2.17. The third-order valence-electron chi connectivity index (χ3n) is 2.36. The fourth-order valence-corrected chi connectivity index (χ4v) is 1.67. The molecule has 1 aliphatic rings. The smallest absolute Gasteiger partial charge is 0.412 e. The van der Waals surface area contributed by atoms with Crippen LogP contribution in [-0.4, -0.2) is 17.2 Å². The highest BCUT2D eigenvalue weighted by atomic mass is 16.4. The van der Waals surface area contributed by atoms with E-state index in [9.17, 15) is 4.79 Å². The van der Waals surface area contributed by atoms with Crippen LogP contribution in [0.5, 0.6) is 0 Å². The lowest BCUT2D eigenvalue weighted by Crippen LogP contribution is -2.38. The fraction of sp³-hybridized carbons (Fsp3) is 0.182. The van der Waals surface area contributed by atoms with Gasteiger partial charge in [-0.3, -0.25) is 4.90 Å². The Morgan fingerprint density at radius 1 is 1.43 bits per heavy atom. The van der Waals surface area contributed by atoms with Gasteiger partial charge in [-0.1, -0.05) is 30.4 Å². The zero-order valence-corrected chi connectivity index (χ0v) is 7.84. The molecule has 1 unspecified atom stereocenters. The molecule has 1 atom stereocenters. The van der Waals surface area contributed by atoms with Crippen LogP contribution in [0.1, 0.15) is 12.5 Å². The van der Waals surface area contributed by atoms with Crippen molar-refractivity contribution in [1.82, 2.24) is 0 Å². The minimum Gasteiger partial charge on any atom is -0.465 e. The maximum atomic E-state index is 11.0. The molecule has 72 valence electrons. The van der Waals surface area contributed by atoms with Gasteiger partial charge in [-0.2, -0.15) is 0 Å². The SMILES string of the molecule is CC1C=Cc2ccccc2N1C(=O)O. The minimum atomic E-state index is -0.908. The summed E-state index contributed by atoms with van der Waals surface area (Å²) < 4.78 is 0. The number of para-hydroxylation sites is 1. The van der Waals surface area contributed by atoms with Gasteiger partial charge in [0.15, 0.2) is 0 Å². The Morgan fingerprint density at radius 2 is 2.14 bits per heavy atom. The fourth-order valence-electron chi connectivity index (χ4n) is 1.67. The summed E-state index contributed by atoms with van der Waals surface area (Å²) in [5.41, 5.74) is 1.71. The summed E-state index contributed by atoms with van der Waals surface area (Å²) >= 11 is 0. The van der Waals surface area contributed by atoms with Gasteiger partial charge in [0.2, 0.25) is 0 Å². The number of rotatable bonds is 0. The summed E-state index contributed by atoms with van der Waals surface area (Å²) in [4.78, 5) is 12.4. The number of amides is 1. The molecule has 1 amide bonds. The Bertz CT molecular complexity index is 398. The molecule has 1 aromatic rings. The van der Waals surface area contributed by atoms with E-state index in [-0.39, 0.29) is 6.04 Å². The van der Waals surface area contributed by atoms with E-state index in [0.29, 0.717) is 0 Å². The maximum Gasteiger partial charge on any atom is 0.412 e. The Labute approximate surface area is 82.3 Å². The lowest BCUT2D eigenvalue weighted by Gasteiger charge is -2.28. The van der Waals surface area contributed by atoms with Crippen LogP contribution in [0.2, 0.25) is 0 Å². The molecule has 1 heterocycles. The summed E-state index contributed by atoms with van der Waals surface area (Å²) in [6.45, 7) is 1.86. The van der Waals surface area contributed by atoms with Crippen molar-refractivity contribution >= 4 is 17.9 Å². The summed E-state index contributed by atoms with van der Waals surface area (Å²) in [7, 11) is 0. The molecule has 0 radical (unpaired) electrons. The van der Waals surface area contributed by atoms with Crippen molar-refractivity contribution in [3.05, 3.63) is 35.9 Å². The van der Waals surface area contributed by atoms with Gasteiger partial charge in [0.05, 0.1) is 11.7 Å². The quantitative estimate of drug-likeness (QED) is 0.681. The zero-order valence-electron chi connectivity index (χ0n) is 7.84. The Hall–Kier alpha value is -1.77. The molecule has 14 heavy (non-hydrogen) atoms. The first-order chi connectivity index (χ1) is 6.70. The summed E-state index contributed by atoms with van der Waals surface area (Å²) in [6, 6.07) is 7.39. The van der Waals surface area contributed by atoms with E-state index in [1.165, 1.54) is 4.90 Å². The number of carboxylic acid groups (broad SMARTS) is 1. The largest absolute Gasteiger partial charge is 0.465 e. The number of hydrogen-bond acceptors (Lipinski definition) is 1. The van der Waals surface area contributed by atoms with Crippen molar-refractivity contribution in [3.63, 3.8) is 0 Å². The number of carbonyl (C=O) groups is 1. The van der Waals surface area contributed by atoms with E-state index in [4.69, 9.17) is 5.11 Å². The molecule has 0 aliphatic carbocycles. The van der Waals surface area contributed by atoms with Crippen LogP contribution in [0.3, 0.4) is 0 Å². The van der Waals surface area contributed by atoms with E-state index < -0.39 is 6.09 Å². The maximum absolute atomic E-state index is 11.0.